The molecule has 2 aromatic rings. The highest BCUT2D eigenvalue weighted by molar-refractivity contribution is 5.65. The molecule has 0 radical (unpaired) electrons. The molecule has 5 rings (SSSR count). The van der Waals surface area contributed by atoms with Gasteiger partial charge in [-0.3, -0.25) is 4.90 Å². The topological polar surface area (TPSA) is 30.9 Å². The second-order valence-corrected chi connectivity index (χ2v) is 8.63. The molecule has 1 heterocycles. The van der Waals surface area contributed by atoms with E-state index in [1.165, 1.54) is 16.7 Å². The number of allylic oxidation sites excluding steroid dienone is 2. The molecule has 0 spiro atoms. The minimum absolute atomic E-state index is 0.221. The zero-order valence-electron chi connectivity index (χ0n) is 18.1. The number of ether oxygens (including phenoxy) is 3. The van der Waals surface area contributed by atoms with Crippen LogP contribution in [0.15, 0.2) is 65.9 Å². The van der Waals surface area contributed by atoms with E-state index in [0.717, 1.165) is 42.4 Å². The van der Waals surface area contributed by atoms with Crippen LogP contribution in [0.4, 0.5) is 0 Å². The van der Waals surface area contributed by atoms with Crippen LogP contribution in [-0.2, 0) is 16.6 Å². The molecule has 30 heavy (non-hydrogen) atoms. The Morgan fingerprint density at radius 2 is 1.83 bits per heavy atom. The van der Waals surface area contributed by atoms with Gasteiger partial charge in [0.05, 0.1) is 20.0 Å². The number of benzene rings is 2. The summed E-state index contributed by atoms with van der Waals surface area (Å²) in [6, 6.07) is 14.7. The molecule has 2 aromatic carbocycles. The average molecular weight is 404 g/mol. The minimum atomic E-state index is -0.221. The van der Waals surface area contributed by atoms with Gasteiger partial charge in [0.25, 0.3) is 0 Å². The highest BCUT2D eigenvalue weighted by Crippen LogP contribution is 2.57. The Morgan fingerprint density at radius 3 is 2.57 bits per heavy atom. The zero-order valence-corrected chi connectivity index (χ0v) is 18.1. The van der Waals surface area contributed by atoms with Gasteiger partial charge in [-0.1, -0.05) is 37.3 Å². The van der Waals surface area contributed by atoms with Crippen molar-refractivity contribution >= 4 is 0 Å². The third-order valence-electron chi connectivity index (χ3n) is 7.02. The molecule has 0 aromatic heterocycles. The van der Waals surface area contributed by atoms with Crippen molar-refractivity contribution in [2.24, 2.45) is 5.92 Å². The fourth-order valence-corrected chi connectivity index (χ4v) is 5.52. The van der Waals surface area contributed by atoms with Crippen LogP contribution in [0.5, 0.6) is 17.2 Å². The first-order valence-corrected chi connectivity index (χ1v) is 10.7. The number of fused-ring (bicyclic) bond motifs is 1. The summed E-state index contributed by atoms with van der Waals surface area (Å²) in [6.45, 7) is 3.25. The third kappa shape index (κ3) is 2.78. The van der Waals surface area contributed by atoms with Crippen molar-refractivity contribution in [3.63, 3.8) is 0 Å². The van der Waals surface area contributed by atoms with Crippen LogP contribution in [0.3, 0.4) is 0 Å². The van der Waals surface area contributed by atoms with Gasteiger partial charge in [0.2, 0.25) is 0 Å². The summed E-state index contributed by atoms with van der Waals surface area (Å²) in [5, 5.41) is 0. The summed E-state index contributed by atoms with van der Waals surface area (Å²) in [5.41, 5.74) is 3.82. The summed E-state index contributed by atoms with van der Waals surface area (Å²) in [5.74, 6) is 3.73. The lowest BCUT2D eigenvalue weighted by molar-refractivity contribution is 0.171. The molecule has 4 heteroatoms. The smallest absolute Gasteiger partial charge is 0.173 e. The van der Waals surface area contributed by atoms with Gasteiger partial charge in [0.1, 0.15) is 5.75 Å². The van der Waals surface area contributed by atoms with Gasteiger partial charge in [-0.15, -0.1) is 0 Å². The SMILES string of the molecule is COC1=C[C@]23CCN(C)[C@H](Cc4ccc(OC)c(Oc5ccccc5)c42)C3=CC1C. The number of hydrogen-bond donors (Lipinski definition) is 0. The van der Waals surface area contributed by atoms with Gasteiger partial charge in [0, 0.05) is 22.9 Å². The fraction of sp³-hybridized carbons (Fsp3) is 0.385. The van der Waals surface area contributed by atoms with E-state index in [2.05, 4.69) is 37.1 Å². The molecule has 3 atom stereocenters. The summed E-state index contributed by atoms with van der Waals surface area (Å²) in [7, 11) is 5.74. The van der Waals surface area contributed by atoms with Crippen LogP contribution in [0.2, 0.25) is 0 Å². The molecule has 2 bridgehead atoms. The maximum Gasteiger partial charge on any atom is 0.173 e. The molecule has 156 valence electrons. The molecule has 0 saturated carbocycles. The second kappa shape index (κ2) is 7.21. The number of nitrogens with zero attached hydrogens (tertiary/aromatic N) is 1. The van der Waals surface area contributed by atoms with Crippen molar-refractivity contribution in [2.45, 2.75) is 31.2 Å². The molecule has 1 aliphatic heterocycles. The van der Waals surface area contributed by atoms with E-state index in [1.807, 2.05) is 36.4 Å². The van der Waals surface area contributed by atoms with E-state index in [9.17, 15) is 0 Å². The van der Waals surface area contributed by atoms with Crippen molar-refractivity contribution < 1.29 is 14.2 Å². The maximum atomic E-state index is 6.52. The predicted molar refractivity (Wildman–Crippen MR) is 118 cm³/mol. The molecule has 0 amide bonds. The van der Waals surface area contributed by atoms with Crippen molar-refractivity contribution in [3.05, 3.63) is 77.1 Å². The van der Waals surface area contributed by atoms with Gasteiger partial charge < -0.3 is 14.2 Å². The number of hydrogen-bond acceptors (Lipinski definition) is 4. The number of para-hydroxylation sites is 1. The number of rotatable bonds is 4. The van der Waals surface area contributed by atoms with Crippen LogP contribution >= 0.6 is 0 Å². The van der Waals surface area contributed by atoms with Gasteiger partial charge in [-0.05, 0) is 61.8 Å². The minimum Gasteiger partial charge on any atom is -0.501 e. The second-order valence-electron chi connectivity index (χ2n) is 8.63. The molecule has 3 aliphatic rings. The lowest BCUT2D eigenvalue weighted by Crippen LogP contribution is -2.54. The number of methoxy groups -OCH3 is 2. The van der Waals surface area contributed by atoms with E-state index >= 15 is 0 Å². The van der Waals surface area contributed by atoms with Crippen molar-refractivity contribution in [3.8, 4) is 17.2 Å². The van der Waals surface area contributed by atoms with E-state index in [4.69, 9.17) is 14.2 Å². The molecule has 1 saturated heterocycles. The highest BCUT2D eigenvalue weighted by atomic mass is 16.5. The first-order chi connectivity index (χ1) is 14.6. The Balaban J connectivity index is 1.77. The number of likely N-dealkylation sites (tertiary alicyclic amines) is 1. The normalized spacial score (nSPS) is 27.3. The van der Waals surface area contributed by atoms with Gasteiger partial charge >= 0.3 is 0 Å². The first-order valence-electron chi connectivity index (χ1n) is 10.7. The van der Waals surface area contributed by atoms with E-state index in [1.54, 1.807) is 14.2 Å². The van der Waals surface area contributed by atoms with Crippen molar-refractivity contribution in [1.29, 1.82) is 0 Å². The summed E-state index contributed by atoms with van der Waals surface area (Å²) in [6.07, 6.45) is 6.77. The Kier molecular flexibility index (Phi) is 4.62. The molecular weight excluding hydrogens is 374 g/mol. The zero-order chi connectivity index (χ0) is 20.9. The van der Waals surface area contributed by atoms with Crippen LogP contribution in [0.25, 0.3) is 0 Å². The fourth-order valence-electron chi connectivity index (χ4n) is 5.52. The van der Waals surface area contributed by atoms with E-state index < -0.39 is 0 Å². The van der Waals surface area contributed by atoms with Gasteiger partial charge in [-0.2, -0.15) is 0 Å². The molecule has 2 aliphatic carbocycles. The molecule has 4 nitrogen and oxygen atoms in total. The first kappa shape index (κ1) is 19.3. The summed E-state index contributed by atoms with van der Waals surface area (Å²) >= 11 is 0. The van der Waals surface area contributed by atoms with Crippen LogP contribution in [-0.4, -0.2) is 38.8 Å². The number of piperidine rings is 1. The van der Waals surface area contributed by atoms with E-state index in [-0.39, 0.29) is 11.3 Å². The molecular formula is C26H29NO3. The van der Waals surface area contributed by atoms with Gasteiger partial charge in [-0.25, -0.2) is 0 Å². The van der Waals surface area contributed by atoms with Crippen LogP contribution in [0, 0.1) is 5.92 Å². The quantitative estimate of drug-likeness (QED) is 0.665. The Labute approximate surface area is 178 Å². The molecule has 1 unspecified atom stereocenters. The van der Waals surface area contributed by atoms with Crippen molar-refractivity contribution in [1.82, 2.24) is 4.90 Å². The summed E-state index contributed by atoms with van der Waals surface area (Å²) < 4.78 is 18.1. The monoisotopic (exact) mass is 403 g/mol. The van der Waals surface area contributed by atoms with Gasteiger partial charge in [0.15, 0.2) is 11.5 Å². The lowest BCUT2D eigenvalue weighted by atomic mass is 9.58. The average Bonchev–Trinajstić information content (AvgIpc) is 2.76. The van der Waals surface area contributed by atoms with Crippen LogP contribution in [0.1, 0.15) is 24.5 Å². The Bertz CT molecular complexity index is 1030. The van der Waals surface area contributed by atoms with Crippen molar-refractivity contribution in [2.75, 3.05) is 27.8 Å². The largest absolute Gasteiger partial charge is 0.501 e. The molecule has 1 fully saturated rings. The Hall–Kier alpha value is -2.72. The molecule has 0 N–H and O–H groups in total. The third-order valence-corrected chi connectivity index (χ3v) is 7.02. The highest BCUT2D eigenvalue weighted by Gasteiger charge is 2.52. The Morgan fingerprint density at radius 1 is 1.03 bits per heavy atom. The lowest BCUT2D eigenvalue weighted by Gasteiger charge is -2.53. The number of likely N-dealkylation sites (N-methyl/N-ethyl adjacent to an activating group) is 1. The maximum absolute atomic E-state index is 6.52. The summed E-state index contributed by atoms with van der Waals surface area (Å²) in [4.78, 5) is 2.49. The van der Waals surface area contributed by atoms with E-state index in [0.29, 0.717) is 6.04 Å². The standard InChI is InChI=1S/C26H29NO3/c1-17-14-20-21-15-18-10-11-22(28-3)25(30-19-8-6-5-7-9-19)24(18)26(20,12-13-27(21)2)16-23(17)29-4/h5-11,14,16-17,21H,12-13,15H2,1-4H3/t17?,21-,26+/m1/s1. The predicted octanol–water partition coefficient (Wildman–Crippen LogP) is 5.09. The van der Waals surface area contributed by atoms with Crippen LogP contribution < -0.4 is 9.47 Å².